The van der Waals surface area contributed by atoms with E-state index in [-0.39, 0.29) is 11.4 Å². The van der Waals surface area contributed by atoms with Crippen molar-refractivity contribution in [2.75, 3.05) is 0 Å². The zero-order valence-electron chi connectivity index (χ0n) is 11.0. The van der Waals surface area contributed by atoms with Crippen molar-refractivity contribution >= 4 is 5.91 Å². The lowest BCUT2D eigenvalue weighted by molar-refractivity contribution is -0.124. The van der Waals surface area contributed by atoms with E-state index >= 15 is 0 Å². The predicted octanol–water partition coefficient (Wildman–Crippen LogP) is 2.01. The molecule has 1 saturated carbocycles. The van der Waals surface area contributed by atoms with E-state index in [1.54, 1.807) is 0 Å². The van der Waals surface area contributed by atoms with Crippen LogP contribution in [0.4, 0.5) is 0 Å². The molecule has 0 saturated heterocycles. The Hall–Kier alpha value is -1.35. The van der Waals surface area contributed by atoms with Crippen LogP contribution in [0.5, 0.6) is 0 Å². The minimum Gasteiger partial charge on any atom is -0.350 e. The standard InChI is InChI=1S/C15H22N2O/c1-15(9-5-6-10-15)17-14(18)13(16)11-12-7-3-2-4-8-12/h2-4,7-8,13H,5-6,9-11,16H2,1H3,(H,17,18)/t13-/m1/s1. The van der Waals surface area contributed by atoms with Crippen molar-refractivity contribution in [2.24, 2.45) is 5.73 Å². The smallest absolute Gasteiger partial charge is 0.237 e. The van der Waals surface area contributed by atoms with E-state index in [0.29, 0.717) is 6.42 Å². The summed E-state index contributed by atoms with van der Waals surface area (Å²) < 4.78 is 0. The van der Waals surface area contributed by atoms with E-state index in [9.17, 15) is 4.79 Å². The summed E-state index contributed by atoms with van der Waals surface area (Å²) in [6, 6.07) is 9.46. The van der Waals surface area contributed by atoms with E-state index in [0.717, 1.165) is 18.4 Å². The molecule has 0 radical (unpaired) electrons. The van der Waals surface area contributed by atoms with Crippen LogP contribution in [0.2, 0.25) is 0 Å². The predicted molar refractivity (Wildman–Crippen MR) is 73.1 cm³/mol. The lowest BCUT2D eigenvalue weighted by atomic mass is 9.99. The molecule has 1 fully saturated rings. The number of amides is 1. The van der Waals surface area contributed by atoms with Crippen LogP contribution < -0.4 is 11.1 Å². The number of rotatable bonds is 4. The van der Waals surface area contributed by atoms with Gasteiger partial charge in [0.05, 0.1) is 6.04 Å². The fourth-order valence-corrected chi connectivity index (χ4v) is 2.63. The molecule has 1 amide bonds. The number of nitrogens with two attached hydrogens (primary N) is 1. The van der Waals surface area contributed by atoms with Crippen molar-refractivity contribution in [1.29, 1.82) is 0 Å². The molecule has 3 N–H and O–H groups in total. The Morgan fingerprint density at radius 1 is 1.33 bits per heavy atom. The van der Waals surface area contributed by atoms with Gasteiger partial charge in [-0.2, -0.15) is 0 Å². The molecule has 1 atom stereocenters. The second-order valence-electron chi connectivity index (χ2n) is 5.55. The van der Waals surface area contributed by atoms with E-state index in [2.05, 4.69) is 12.2 Å². The molecule has 98 valence electrons. The molecule has 0 bridgehead atoms. The van der Waals surface area contributed by atoms with Gasteiger partial charge in [0.1, 0.15) is 0 Å². The van der Waals surface area contributed by atoms with Gasteiger partial charge in [0, 0.05) is 5.54 Å². The first-order valence-corrected chi connectivity index (χ1v) is 6.71. The van der Waals surface area contributed by atoms with Crippen LogP contribution in [0.25, 0.3) is 0 Å². The molecule has 3 nitrogen and oxygen atoms in total. The highest BCUT2D eigenvalue weighted by atomic mass is 16.2. The van der Waals surface area contributed by atoms with Crippen molar-refractivity contribution in [1.82, 2.24) is 5.32 Å². The first kappa shape index (κ1) is 13.1. The van der Waals surface area contributed by atoms with Crippen LogP contribution in [-0.4, -0.2) is 17.5 Å². The van der Waals surface area contributed by atoms with Gasteiger partial charge in [-0.3, -0.25) is 4.79 Å². The summed E-state index contributed by atoms with van der Waals surface area (Å²) in [4.78, 5) is 12.1. The molecule has 2 rings (SSSR count). The molecule has 0 heterocycles. The fraction of sp³-hybridized carbons (Fsp3) is 0.533. The quantitative estimate of drug-likeness (QED) is 0.854. The first-order valence-electron chi connectivity index (χ1n) is 6.71. The summed E-state index contributed by atoms with van der Waals surface area (Å²) in [5.41, 5.74) is 7.05. The third-order valence-corrected chi connectivity index (χ3v) is 3.77. The van der Waals surface area contributed by atoms with Gasteiger partial charge in [0.2, 0.25) is 5.91 Å². The Kier molecular flexibility index (Phi) is 4.02. The average Bonchev–Trinajstić information content (AvgIpc) is 2.77. The van der Waals surface area contributed by atoms with Crippen molar-refractivity contribution in [3.05, 3.63) is 35.9 Å². The fourth-order valence-electron chi connectivity index (χ4n) is 2.63. The van der Waals surface area contributed by atoms with Crippen LogP contribution in [0.1, 0.15) is 38.2 Å². The number of nitrogens with one attached hydrogen (secondary N) is 1. The third-order valence-electron chi connectivity index (χ3n) is 3.77. The Bertz CT molecular complexity index is 396. The maximum atomic E-state index is 12.1. The second-order valence-corrected chi connectivity index (χ2v) is 5.55. The highest BCUT2D eigenvalue weighted by molar-refractivity contribution is 5.82. The van der Waals surface area contributed by atoms with Crippen molar-refractivity contribution in [3.63, 3.8) is 0 Å². The third kappa shape index (κ3) is 3.33. The van der Waals surface area contributed by atoms with Crippen LogP contribution in [0, 0.1) is 0 Å². The molecule has 0 spiro atoms. The SMILES string of the molecule is CC1(NC(=O)[C@H](N)Cc2ccccc2)CCCC1. The van der Waals surface area contributed by atoms with Gasteiger partial charge in [-0.25, -0.2) is 0 Å². The van der Waals surface area contributed by atoms with Gasteiger partial charge in [-0.1, -0.05) is 43.2 Å². The molecule has 1 aromatic carbocycles. The summed E-state index contributed by atoms with van der Waals surface area (Å²) in [5.74, 6) is -0.0248. The number of carbonyl (C=O) groups is 1. The first-order chi connectivity index (χ1) is 8.59. The monoisotopic (exact) mass is 246 g/mol. The van der Waals surface area contributed by atoms with Gasteiger partial charge in [0.15, 0.2) is 0 Å². The average molecular weight is 246 g/mol. The summed E-state index contributed by atoms with van der Waals surface area (Å²) >= 11 is 0. The van der Waals surface area contributed by atoms with Gasteiger partial charge in [-0.15, -0.1) is 0 Å². The van der Waals surface area contributed by atoms with Crippen molar-refractivity contribution in [3.8, 4) is 0 Å². The zero-order chi connectivity index (χ0) is 13.0. The molecule has 18 heavy (non-hydrogen) atoms. The van der Waals surface area contributed by atoms with Gasteiger partial charge < -0.3 is 11.1 Å². The lowest BCUT2D eigenvalue weighted by Gasteiger charge is -2.27. The number of carbonyl (C=O) groups excluding carboxylic acids is 1. The second kappa shape index (κ2) is 5.53. The van der Waals surface area contributed by atoms with E-state index in [1.807, 2.05) is 30.3 Å². The maximum Gasteiger partial charge on any atom is 0.237 e. The Morgan fingerprint density at radius 3 is 2.56 bits per heavy atom. The van der Waals surface area contributed by atoms with Crippen molar-refractivity contribution in [2.45, 2.75) is 50.6 Å². The summed E-state index contributed by atoms with van der Waals surface area (Å²) in [5, 5.41) is 3.11. The minimum atomic E-state index is -0.454. The van der Waals surface area contributed by atoms with Gasteiger partial charge >= 0.3 is 0 Å². The maximum absolute atomic E-state index is 12.1. The van der Waals surface area contributed by atoms with Crippen molar-refractivity contribution < 1.29 is 4.79 Å². The van der Waals surface area contributed by atoms with Crippen LogP contribution in [0.3, 0.4) is 0 Å². The molecule has 1 aliphatic rings. The zero-order valence-corrected chi connectivity index (χ0v) is 11.0. The Morgan fingerprint density at radius 2 is 1.94 bits per heavy atom. The molecular formula is C15H22N2O. The highest BCUT2D eigenvalue weighted by Gasteiger charge is 2.31. The molecule has 0 aromatic heterocycles. The molecule has 1 aliphatic carbocycles. The van der Waals surface area contributed by atoms with Crippen LogP contribution in [-0.2, 0) is 11.2 Å². The molecule has 0 unspecified atom stereocenters. The molecule has 1 aromatic rings. The normalized spacial score (nSPS) is 19.4. The van der Waals surface area contributed by atoms with Gasteiger partial charge in [-0.05, 0) is 31.7 Å². The minimum absolute atomic E-state index is 0.0248. The molecular weight excluding hydrogens is 224 g/mol. The van der Waals surface area contributed by atoms with Crippen LogP contribution in [0.15, 0.2) is 30.3 Å². The van der Waals surface area contributed by atoms with E-state index in [4.69, 9.17) is 5.73 Å². The number of hydrogen-bond donors (Lipinski definition) is 2. The summed E-state index contributed by atoms with van der Waals surface area (Å²) in [6.45, 7) is 2.12. The summed E-state index contributed by atoms with van der Waals surface area (Å²) in [6.07, 6.45) is 5.13. The van der Waals surface area contributed by atoms with Crippen LogP contribution >= 0.6 is 0 Å². The lowest BCUT2D eigenvalue weighted by Crippen LogP contribution is -2.51. The topological polar surface area (TPSA) is 55.1 Å². The summed E-state index contributed by atoms with van der Waals surface area (Å²) in [7, 11) is 0. The Balaban J connectivity index is 1.89. The Labute approximate surface area is 109 Å². The number of hydrogen-bond acceptors (Lipinski definition) is 2. The largest absolute Gasteiger partial charge is 0.350 e. The van der Waals surface area contributed by atoms with E-state index < -0.39 is 6.04 Å². The number of benzene rings is 1. The van der Waals surface area contributed by atoms with Gasteiger partial charge in [0.25, 0.3) is 0 Å². The molecule has 0 aliphatic heterocycles. The highest BCUT2D eigenvalue weighted by Crippen LogP contribution is 2.28. The van der Waals surface area contributed by atoms with E-state index in [1.165, 1.54) is 12.8 Å². The molecule has 3 heteroatoms.